The molecule has 0 aliphatic carbocycles. The first kappa shape index (κ1) is 18.3. The number of carbonyl (C=O) groups excluding carboxylic acids is 1. The van der Waals surface area contributed by atoms with Crippen LogP contribution in [0.4, 0.5) is 0 Å². The van der Waals surface area contributed by atoms with Crippen LogP contribution in [0.2, 0.25) is 0 Å². The van der Waals surface area contributed by atoms with Crippen molar-refractivity contribution in [2.24, 2.45) is 5.92 Å². The fourth-order valence-corrected chi connectivity index (χ4v) is 3.77. The molecule has 0 radical (unpaired) electrons. The highest BCUT2D eigenvalue weighted by atomic mass is 16.5. The zero-order chi connectivity index (χ0) is 18.5. The highest BCUT2D eigenvalue weighted by Crippen LogP contribution is 2.42. The molecular weight excluding hydrogens is 330 g/mol. The summed E-state index contributed by atoms with van der Waals surface area (Å²) in [5.74, 6) is 0.946. The predicted molar refractivity (Wildman–Crippen MR) is 99.5 cm³/mol. The lowest BCUT2D eigenvalue weighted by Crippen LogP contribution is -2.24. The lowest BCUT2D eigenvalue weighted by molar-refractivity contribution is -0.145. The van der Waals surface area contributed by atoms with E-state index in [1.807, 2.05) is 36.4 Å². The number of esters is 1. The van der Waals surface area contributed by atoms with Crippen molar-refractivity contribution in [3.8, 4) is 11.5 Å². The van der Waals surface area contributed by atoms with E-state index in [0.29, 0.717) is 18.0 Å². The molecule has 2 aromatic rings. The third-order valence-corrected chi connectivity index (χ3v) is 4.98. The van der Waals surface area contributed by atoms with Gasteiger partial charge in [-0.25, -0.2) is 0 Å². The number of hydrogen-bond donors (Lipinski definition) is 0. The van der Waals surface area contributed by atoms with Crippen molar-refractivity contribution in [1.29, 1.82) is 0 Å². The van der Waals surface area contributed by atoms with Crippen LogP contribution < -0.4 is 9.47 Å². The Hall–Kier alpha value is -2.53. The fourth-order valence-electron chi connectivity index (χ4n) is 3.77. The first-order valence-corrected chi connectivity index (χ1v) is 8.73. The van der Waals surface area contributed by atoms with Gasteiger partial charge in [0.25, 0.3) is 0 Å². The lowest BCUT2D eigenvalue weighted by Gasteiger charge is -2.21. The van der Waals surface area contributed by atoms with Crippen LogP contribution in [0.25, 0.3) is 0 Å². The molecule has 1 aliphatic heterocycles. The van der Waals surface area contributed by atoms with Crippen LogP contribution in [0.3, 0.4) is 0 Å². The fraction of sp³-hybridized carbons (Fsp3) is 0.381. The minimum Gasteiger partial charge on any atom is -0.493 e. The molecule has 2 aromatic carbocycles. The van der Waals surface area contributed by atoms with E-state index >= 15 is 0 Å². The van der Waals surface area contributed by atoms with Crippen molar-refractivity contribution in [3.05, 3.63) is 59.7 Å². The number of carbonyl (C=O) groups is 1. The van der Waals surface area contributed by atoms with Crippen LogP contribution in [-0.4, -0.2) is 45.3 Å². The van der Waals surface area contributed by atoms with Crippen molar-refractivity contribution in [2.45, 2.75) is 12.5 Å². The molecule has 1 aliphatic rings. The summed E-state index contributed by atoms with van der Waals surface area (Å²) in [6.07, 6.45) is 0. The Balaban J connectivity index is 1.90. The van der Waals surface area contributed by atoms with Crippen LogP contribution in [0.1, 0.15) is 17.0 Å². The molecule has 26 heavy (non-hydrogen) atoms. The van der Waals surface area contributed by atoms with Gasteiger partial charge in [0.05, 0.1) is 27.2 Å². The summed E-state index contributed by atoms with van der Waals surface area (Å²) < 4.78 is 16.1. The molecule has 0 spiro atoms. The monoisotopic (exact) mass is 355 g/mol. The van der Waals surface area contributed by atoms with Crippen LogP contribution in [0, 0.1) is 5.92 Å². The topological polar surface area (TPSA) is 48.0 Å². The summed E-state index contributed by atoms with van der Waals surface area (Å²) >= 11 is 0. The molecule has 3 rings (SSSR count). The van der Waals surface area contributed by atoms with Gasteiger partial charge in [-0.2, -0.15) is 0 Å². The van der Waals surface area contributed by atoms with E-state index in [1.54, 1.807) is 14.2 Å². The Morgan fingerprint density at radius 1 is 1.00 bits per heavy atom. The maximum Gasteiger partial charge on any atom is 0.310 e. The first-order chi connectivity index (χ1) is 12.7. The second kappa shape index (κ2) is 8.23. The molecule has 0 N–H and O–H groups in total. The number of hydrogen-bond acceptors (Lipinski definition) is 5. The van der Waals surface area contributed by atoms with Gasteiger partial charge in [0, 0.05) is 31.1 Å². The van der Waals surface area contributed by atoms with E-state index < -0.39 is 0 Å². The summed E-state index contributed by atoms with van der Waals surface area (Å²) in [6.45, 7) is 2.22. The summed E-state index contributed by atoms with van der Waals surface area (Å²) in [4.78, 5) is 14.7. The predicted octanol–water partition coefficient (Wildman–Crippen LogP) is 3.09. The zero-order valence-electron chi connectivity index (χ0n) is 15.5. The van der Waals surface area contributed by atoms with Gasteiger partial charge < -0.3 is 14.2 Å². The van der Waals surface area contributed by atoms with Crippen molar-refractivity contribution in [3.63, 3.8) is 0 Å². The molecule has 1 saturated heterocycles. The van der Waals surface area contributed by atoms with E-state index in [4.69, 9.17) is 14.2 Å². The van der Waals surface area contributed by atoms with Crippen LogP contribution >= 0.6 is 0 Å². The molecule has 0 unspecified atom stereocenters. The highest BCUT2D eigenvalue weighted by molar-refractivity contribution is 5.75. The number of rotatable bonds is 6. The Morgan fingerprint density at radius 2 is 1.77 bits per heavy atom. The lowest BCUT2D eigenvalue weighted by atomic mass is 9.88. The van der Waals surface area contributed by atoms with Gasteiger partial charge in [0.1, 0.15) is 0 Å². The van der Waals surface area contributed by atoms with Crippen molar-refractivity contribution < 1.29 is 19.0 Å². The molecular formula is C21H25NO4. The number of likely N-dealkylation sites (tertiary alicyclic amines) is 1. The van der Waals surface area contributed by atoms with E-state index in [0.717, 1.165) is 18.7 Å². The van der Waals surface area contributed by atoms with E-state index in [2.05, 4.69) is 17.0 Å². The maximum atomic E-state index is 12.4. The third-order valence-electron chi connectivity index (χ3n) is 4.98. The summed E-state index contributed by atoms with van der Waals surface area (Å²) in [5.41, 5.74) is 2.21. The van der Waals surface area contributed by atoms with Crippen LogP contribution in [0.15, 0.2) is 48.5 Å². The Morgan fingerprint density at radius 3 is 2.42 bits per heavy atom. The Kier molecular flexibility index (Phi) is 5.78. The number of methoxy groups -OCH3 is 3. The molecule has 1 heterocycles. The van der Waals surface area contributed by atoms with Gasteiger partial charge in [0.2, 0.25) is 0 Å². The molecule has 0 saturated carbocycles. The second-order valence-electron chi connectivity index (χ2n) is 6.50. The van der Waals surface area contributed by atoms with E-state index in [-0.39, 0.29) is 17.8 Å². The second-order valence-corrected chi connectivity index (χ2v) is 6.50. The quantitative estimate of drug-likeness (QED) is 0.745. The van der Waals surface area contributed by atoms with E-state index in [9.17, 15) is 4.79 Å². The highest BCUT2D eigenvalue weighted by Gasteiger charge is 2.40. The molecule has 0 bridgehead atoms. The van der Waals surface area contributed by atoms with E-state index in [1.165, 1.54) is 12.7 Å². The molecule has 1 fully saturated rings. The largest absolute Gasteiger partial charge is 0.493 e. The summed E-state index contributed by atoms with van der Waals surface area (Å²) in [5, 5.41) is 0. The van der Waals surface area contributed by atoms with Crippen LogP contribution in [-0.2, 0) is 16.1 Å². The standard InChI is InChI=1S/C21H25NO4/c1-24-19-11-7-10-16(20(19)25-2)17-13-22(14-18(17)21(23)26-3)12-15-8-5-4-6-9-15/h4-11,17-18H,12-14H2,1-3H3/t17-,18+/m0/s1. The van der Waals surface area contributed by atoms with Gasteiger partial charge >= 0.3 is 5.97 Å². The summed E-state index contributed by atoms with van der Waals surface area (Å²) in [7, 11) is 4.70. The van der Waals surface area contributed by atoms with Gasteiger partial charge in [0.15, 0.2) is 11.5 Å². The molecule has 0 amide bonds. The minimum atomic E-state index is -0.232. The maximum absolute atomic E-state index is 12.4. The van der Waals surface area contributed by atoms with Gasteiger partial charge in [-0.05, 0) is 11.6 Å². The van der Waals surface area contributed by atoms with Crippen molar-refractivity contribution >= 4 is 5.97 Å². The molecule has 5 heteroatoms. The molecule has 5 nitrogen and oxygen atoms in total. The number of para-hydroxylation sites is 1. The molecule has 0 aromatic heterocycles. The van der Waals surface area contributed by atoms with Gasteiger partial charge in [-0.3, -0.25) is 9.69 Å². The van der Waals surface area contributed by atoms with Gasteiger partial charge in [-0.15, -0.1) is 0 Å². The Labute approximate surface area is 154 Å². The number of ether oxygens (including phenoxy) is 3. The number of nitrogens with zero attached hydrogens (tertiary/aromatic N) is 1. The van der Waals surface area contributed by atoms with Crippen molar-refractivity contribution in [2.75, 3.05) is 34.4 Å². The Bertz CT molecular complexity index is 747. The molecule has 138 valence electrons. The average Bonchev–Trinajstić information content (AvgIpc) is 3.10. The summed E-state index contributed by atoms with van der Waals surface area (Å²) in [6, 6.07) is 16.1. The first-order valence-electron chi connectivity index (χ1n) is 8.73. The van der Waals surface area contributed by atoms with Crippen molar-refractivity contribution in [1.82, 2.24) is 4.90 Å². The zero-order valence-corrected chi connectivity index (χ0v) is 15.5. The average molecular weight is 355 g/mol. The number of benzene rings is 2. The third kappa shape index (κ3) is 3.68. The minimum absolute atomic E-state index is 0.00351. The van der Waals surface area contributed by atoms with Gasteiger partial charge in [-0.1, -0.05) is 42.5 Å². The van der Waals surface area contributed by atoms with Crippen LogP contribution in [0.5, 0.6) is 11.5 Å². The SMILES string of the molecule is COC(=O)[C@@H]1CN(Cc2ccccc2)C[C@H]1c1cccc(OC)c1OC. The molecule has 2 atom stereocenters. The normalized spacial score (nSPS) is 20.0. The smallest absolute Gasteiger partial charge is 0.310 e.